The van der Waals surface area contributed by atoms with Crippen LogP contribution in [0.3, 0.4) is 0 Å². The second kappa shape index (κ2) is 29.8. The van der Waals surface area contributed by atoms with Crippen molar-refractivity contribution in [1.82, 2.24) is 0 Å². The first-order chi connectivity index (χ1) is 5.66. The molecule has 118 valence electrons. The van der Waals surface area contributed by atoms with Gasteiger partial charge in [0.1, 0.15) is 12.4 Å². The molecule has 0 bridgehead atoms. The molecule has 0 amide bonds. The minimum atomic E-state index is -0.345. The summed E-state index contributed by atoms with van der Waals surface area (Å²) in [6.45, 7) is 2.10. The third-order valence-electron chi connectivity index (χ3n) is 1.23. The van der Waals surface area contributed by atoms with Crippen LogP contribution in [-0.4, -0.2) is 32.1 Å². The quantitative estimate of drug-likeness (QED) is 0.531. The second-order valence-corrected chi connectivity index (χ2v) is 2.42. The first kappa shape index (κ1) is 43.5. The monoisotopic (exact) mass is 270 g/mol. The molecule has 0 spiro atoms. The number of hydrogen-bond donors (Lipinski definition) is 0. The fourth-order valence-corrected chi connectivity index (χ4v) is 0.589. The van der Waals surface area contributed by atoms with E-state index in [0.29, 0.717) is 6.61 Å². The largest absolute Gasteiger partial charge is 0.463 e. The number of carbonyl (C=O) groups excluding carboxylic acids is 2. The average Bonchev–Trinajstić information content (AvgIpc) is 2.01. The van der Waals surface area contributed by atoms with E-state index in [1.54, 1.807) is 0 Å². The molecule has 0 aliphatic carbocycles. The van der Waals surface area contributed by atoms with Gasteiger partial charge in [0.05, 0.1) is 13.0 Å². The molecular formula is C14H38O4. The van der Waals surface area contributed by atoms with Crippen LogP contribution in [0, 0.1) is 0 Å². The molecule has 0 aliphatic heterocycles. The Morgan fingerprint density at radius 1 is 0.833 bits per heavy atom. The number of hydrogen-bond acceptors (Lipinski definition) is 4. The molecule has 0 unspecified atom stereocenters. The number of Topliss-reactive ketones (excluding diaryl/α,β-unsaturated/α-hetero) is 1. The lowest BCUT2D eigenvalue weighted by molar-refractivity contribution is -0.145. The van der Waals surface area contributed by atoms with Crippen LogP contribution in [0.2, 0.25) is 0 Å². The van der Waals surface area contributed by atoms with Crippen molar-refractivity contribution in [3.05, 3.63) is 0 Å². The maximum Gasteiger partial charge on any atom is 0.306 e. The highest BCUT2D eigenvalue weighted by Crippen LogP contribution is 1.93. The molecule has 0 saturated carbocycles. The van der Waals surface area contributed by atoms with Gasteiger partial charge in [0, 0.05) is 13.5 Å². The third kappa shape index (κ3) is 36.3. The van der Waals surface area contributed by atoms with Crippen LogP contribution in [0.4, 0.5) is 0 Å². The second-order valence-electron chi connectivity index (χ2n) is 2.42. The summed E-state index contributed by atoms with van der Waals surface area (Å²) in [6, 6.07) is 0. The molecule has 0 N–H and O–H groups in total. The number of ketones is 1. The number of carbonyl (C=O) groups is 2. The normalized spacial score (nSPS) is 6.33. The van der Waals surface area contributed by atoms with Gasteiger partial charge in [-0.1, -0.05) is 44.6 Å². The van der Waals surface area contributed by atoms with Gasteiger partial charge < -0.3 is 14.3 Å². The zero-order valence-corrected chi connectivity index (χ0v) is 7.46. The van der Waals surface area contributed by atoms with Crippen molar-refractivity contribution in [2.75, 3.05) is 20.3 Å². The van der Waals surface area contributed by atoms with Gasteiger partial charge in [0.25, 0.3) is 0 Å². The number of esters is 1. The summed E-state index contributed by atoms with van der Waals surface area (Å²) in [5, 5.41) is 0. The minimum Gasteiger partial charge on any atom is -0.463 e. The van der Waals surface area contributed by atoms with Gasteiger partial charge in [-0.05, 0) is 6.92 Å². The van der Waals surface area contributed by atoms with Gasteiger partial charge in [-0.3, -0.25) is 4.79 Å². The number of ether oxygens (including phenoxy) is 2. The molecule has 0 aromatic rings. The van der Waals surface area contributed by atoms with Crippen molar-refractivity contribution in [2.24, 2.45) is 0 Å². The summed E-state index contributed by atoms with van der Waals surface area (Å²) < 4.78 is 9.39. The fourth-order valence-electron chi connectivity index (χ4n) is 0.589. The first-order valence-electron chi connectivity index (χ1n) is 3.81. The molecule has 0 rings (SSSR count). The molecule has 4 nitrogen and oxygen atoms in total. The Hall–Kier alpha value is -0.900. The number of rotatable bonds is 6. The Labute approximate surface area is 116 Å². The van der Waals surface area contributed by atoms with E-state index < -0.39 is 0 Å². The van der Waals surface area contributed by atoms with E-state index in [0.717, 1.165) is 0 Å². The number of methoxy groups -OCH3 is 1. The Kier molecular flexibility index (Phi) is 71.9. The maximum atomic E-state index is 10.8. The highest BCUT2D eigenvalue weighted by molar-refractivity contribution is 5.80. The van der Waals surface area contributed by atoms with Crippen LogP contribution in [0.5, 0.6) is 0 Å². The summed E-state index contributed by atoms with van der Waals surface area (Å²) in [7, 11) is 1.53. The Morgan fingerprint density at radius 3 is 1.61 bits per heavy atom. The summed E-state index contributed by atoms with van der Waals surface area (Å²) >= 11 is 0. The van der Waals surface area contributed by atoms with Crippen LogP contribution < -0.4 is 0 Å². The van der Waals surface area contributed by atoms with E-state index >= 15 is 0 Å². The molecule has 0 fully saturated rings. The summed E-state index contributed by atoms with van der Waals surface area (Å²) in [5.41, 5.74) is 0. The maximum absolute atomic E-state index is 10.8. The zero-order chi connectivity index (χ0) is 9.40. The van der Waals surface area contributed by atoms with Gasteiger partial charge >= 0.3 is 5.97 Å². The molecular weight excluding hydrogens is 232 g/mol. The fraction of sp³-hybridized carbons (Fsp3) is 0.857. The van der Waals surface area contributed by atoms with Crippen molar-refractivity contribution in [3.63, 3.8) is 0 Å². The van der Waals surface area contributed by atoms with Crippen LogP contribution in [-0.2, 0) is 19.1 Å². The summed E-state index contributed by atoms with van der Waals surface area (Å²) in [5.74, 6) is -0.346. The van der Waals surface area contributed by atoms with Crippen LogP contribution in [0.15, 0.2) is 0 Å². The van der Waals surface area contributed by atoms with Gasteiger partial charge in [0.15, 0.2) is 0 Å². The van der Waals surface area contributed by atoms with E-state index in [1.807, 2.05) is 0 Å². The topological polar surface area (TPSA) is 52.6 Å². The molecule has 0 atom stereocenters. The highest BCUT2D eigenvalue weighted by atomic mass is 16.6. The Bertz CT molecular complexity index is 156. The molecule has 0 aromatic carbocycles. The third-order valence-corrected chi connectivity index (χ3v) is 1.23. The molecule has 4 heteroatoms. The SMILES string of the molecule is C.C.C.C.C.C.COCCOC(=O)CCC(C)=O. The lowest BCUT2D eigenvalue weighted by Gasteiger charge is -2.01. The smallest absolute Gasteiger partial charge is 0.306 e. The van der Waals surface area contributed by atoms with Gasteiger partial charge in [-0.15, -0.1) is 0 Å². The molecule has 0 radical (unpaired) electrons. The van der Waals surface area contributed by atoms with Crippen molar-refractivity contribution in [3.8, 4) is 0 Å². The zero-order valence-electron chi connectivity index (χ0n) is 7.46. The standard InChI is InChI=1S/C8H14O4.6CH4/c1-7(9)3-4-8(10)12-6-5-11-2;;;;;;/h3-6H2,1-2H3;6*1H4. The van der Waals surface area contributed by atoms with E-state index in [1.165, 1.54) is 14.0 Å². The van der Waals surface area contributed by atoms with E-state index in [4.69, 9.17) is 4.74 Å². The Balaban J connectivity index is -0.0000000403. The summed E-state index contributed by atoms with van der Waals surface area (Å²) in [4.78, 5) is 21.2. The van der Waals surface area contributed by atoms with Gasteiger partial charge in [-0.25, -0.2) is 0 Å². The van der Waals surface area contributed by atoms with Crippen LogP contribution >= 0.6 is 0 Å². The van der Waals surface area contributed by atoms with Crippen molar-refractivity contribution in [2.45, 2.75) is 64.3 Å². The lowest BCUT2D eigenvalue weighted by Crippen LogP contribution is -2.10. The minimum absolute atomic E-state index is 0. The molecule has 0 heterocycles. The van der Waals surface area contributed by atoms with E-state index in [9.17, 15) is 9.59 Å². The van der Waals surface area contributed by atoms with Gasteiger partial charge in [-0.2, -0.15) is 0 Å². The average molecular weight is 270 g/mol. The van der Waals surface area contributed by atoms with Crippen molar-refractivity contribution < 1.29 is 19.1 Å². The lowest BCUT2D eigenvalue weighted by atomic mass is 10.2. The molecule has 0 aliphatic rings. The first-order valence-corrected chi connectivity index (χ1v) is 3.81. The van der Waals surface area contributed by atoms with Crippen molar-refractivity contribution >= 4 is 11.8 Å². The predicted molar refractivity (Wildman–Crippen MR) is 83.1 cm³/mol. The highest BCUT2D eigenvalue weighted by Gasteiger charge is 2.03. The van der Waals surface area contributed by atoms with Crippen molar-refractivity contribution in [1.29, 1.82) is 0 Å². The van der Waals surface area contributed by atoms with E-state index in [-0.39, 0.29) is 75.8 Å². The van der Waals surface area contributed by atoms with Crippen LogP contribution in [0.25, 0.3) is 0 Å². The summed E-state index contributed by atoms with van der Waals surface area (Å²) in [6.07, 6.45) is 0.421. The molecule has 0 saturated heterocycles. The molecule has 18 heavy (non-hydrogen) atoms. The molecule has 0 aromatic heterocycles. The van der Waals surface area contributed by atoms with E-state index in [2.05, 4.69) is 4.74 Å². The predicted octanol–water partition coefficient (Wildman–Crippen LogP) is 4.36. The Morgan fingerprint density at radius 2 is 1.28 bits per heavy atom. The van der Waals surface area contributed by atoms with Crippen LogP contribution in [0.1, 0.15) is 64.3 Å². The van der Waals surface area contributed by atoms with Gasteiger partial charge in [0.2, 0.25) is 0 Å².